The summed E-state index contributed by atoms with van der Waals surface area (Å²) in [6.45, 7) is 6.41. The van der Waals surface area contributed by atoms with Gasteiger partial charge in [0, 0.05) is 51.2 Å². The van der Waals surface area contributed by atoms with Gasteiger partial charge in [0.1, 0.15) is 5.82 Å². The monoisotopic (exact) mass is 439 g/mol. The number of hydrogen-bond donors (Lipinski definition) is 0. The first kappa shape index (κ1) is 22.6. The average molecular weight is 440 g/mol. The molecule has 0 fully saturated rings. The number of aromatic nitrogens is 1. The fraction of sp³-hybridized carbons (Fsp3) is 0.286. The van der Waals surface area contributed by atoms with E-state index in [1.54, 1.807) is 0 Å². The Morgan fingerprint density at radius 2 is 1.58 bits per heavy atom. The number of anilines is 3. The molecule has 0 saturated heterocycles. The maximum atomic E-state index is 4.94. The van der Waals surface area contributed by atoms with Gasteiger partial charge in [-0.05, 0) is 67.4 Å². The first-order chi connectivity index (χ1) is 16.1. The van der Waals surface area contributed by atoms with Crippen molar-refractivity contribution in [1.29, 1.82) is 0 Å². The summed E-state index contributed by atoms with van der Waals surface area (Å²) < 4.78 is 0. The van der Waals surface area contributed by atoms with Crippen LogP contribution in [0.1, 0.15) is 37.4 Å². The molecule has 4 rings (SSSR count). The van der Waals surface area contributed by atoms with Crippen LogP contribution in [0, 0.1) is 0 Å². The molecule has 0 saturated carbocycles. The average Bonchev–Trinajstić information content (AvgIpc) is 3.29. The van der Waals surface area contributed by atoms with Gasteiger partial charge in [0.15, 0.2) is 0 Å². The number of hydrazone groups is 1. The van der Waals surface area contributed by atoms with Crippen LogP contribution in [0.2, 0.25) is 0 Å². The molecule has 5 nitrogen and oxygen atoms in total. The van der Waals surface area contributed by atoms with Gasteiger partial charge in [-0.1, -0.05) is 36.4 Å². The number of rotatable bonds is 8. The highest BCUT2D eigenvalue weighted by atomic mass is 15.5. The molecular formula is C28H33N5. The van der Waals surface area contributed by atoms with Crippen LogP contribution in [-0.2, 0) is 0 Å². The van der Waals surface area contributed by atoms with Crippen molar-refractivity contribution in [1.82, 2.24) is 4.98 Å². The van der Waals surface area contributed by atoms with E-state index in [0.717, 1.165) is 31.0 Å². The summed E-state index contributed by atoms with van der Waals surface area (Å²) in [6.07, 6.45) is 6.95. The Morgan fingerprint density at radius 3 is 2.18 bits per heavy atom. The molecule has 2 aromatic carbocycles. The van der Waals surface area contributed by atoms with Crippen LogP contribution in [-0.4, -0.2) is 37.9 Å². The normalized spacial score (nSPS) is 15.7. The second-order valence-corrected chi connectivity index (χ2v) is 8.43. The molecule has 1 atom stereocenters. The van der Waals surface area contributed by atoms with E-state index in [-0.39, 0.29) is 6.04 Å². The number of pyridine rings is 1. The van der Waals surface area contributed by atoms with Crippen LogP contribution in [0.3, 0.4) is 0 Å². The molecule has 1 aromatic heterocycles. The third-order valence-corrected chi connectivity index (χ3v) is 6.10. The van der Waals surface area contributed by atoms with Crippen molar-refractivity contribution in [2.24, 2.45) is 5.10 Å². The van der Waals surface area contributed by atoms with Gasteiger partial charge >= 0.3 is 0 Å². The lowest BCUT2D eigenvalue weighted by Crippen LogP contribution is -2.21. The van der Waals surface area contributed by atoms with E-state index >= 15 is 0 Å². The molecule has 1 unspecified atom stereocenters. The van der Waals surface area contributed by atoms with Gasteiger partial charge in [-0.15, -0.1) is 0 Å². The van der Waals surface area contributed by atoms with Crippen LogP contribution in [0.4, 0.5) is 17.2 Å². The van der Waals surface area contributed by atoms with Crippen molar-refractivity contribution in [3.63, 3.8) is 0 Å². The molecule has 5 heteroatoms. The molecule has 1 aliphatic rings. The SMILES string of the molecule is CCN(CC)c1ccc(C=CC2=NN(c3ccccn3)C(c3ccc(N(C)C)cc3)C2)cc1. The molecule has 0 spiro atoms. The molecule has 0 aliphatic carbocycles. The van der Waals surface area contributed by atoms with Crippen LogP contribution >= 0.6 is 0 Å². The molecule has 0 radical (unpaired) electrons. The molecule has 2 heterocycles. The molecular weight excluding hydrogens is 406 g/mol. The summed E-state index contributed by atoms with van der Waals surface area (Å²) in [5.74, 6) is 0.867. The number of hydrogen-bond acceptors (Lipinski definition) is 5. The van der Waals surface area contributed by atoms with E-state index in [4.69, 9.17) is 5.10 Å². The molecule has 0 amide bonds. The molecule has 1 aliphatic heterocycles. The van der Waals surface area contributed by atoms with Gasteiger partial charge in [0.05, 0.1) is 11.8 Å². The van der Waals surface area contributed by atoms with Crippen molar-refractivity contribution < 1.29 is 0 Å². The molecule has 170 valence electrons. The van der Waals surface area contributed by atoms with Crippen LogP contribution in [0.5, 0.6) is 0 Å². The quantitative estimate of drug-likeness (QED) is 0.430. The number of benzene rings is 2. The van der Waals surface area contributed by atoms with Gasteiger partial charge in [-0.3, -0.25) is 0 Å². The molecule has 3 aromatic rings. The maximum absolute atomic E-state index is 4.94. The van der Waals surface area contributed by atoms with Crippen LogP contribution in [0.15, 0.2) is 84.1 Å². The summed E-state index contributed by atoms with van der Waals surface area (Å²) in [7, 11) is 4.12. The predicted molar refractivity (Wildman–Crippen MR) is 141 cm³/mol. The third kappa shape index (κ3) is 5.25. The molecule has 0 bridgehead atoms. The van der Waals surface area contributed by atoms with E-state index in [2.05, 4.69) is 103 Å². The number of nitrogens with zero attached hydrogens (tertiary/aromatic N) is 5. The first-order valence-electron chi connectivity index (χ1n) is 11.7. The topological polar surface area (TPSA) is 35.0 Å². The van der Waals surface area contributed by atoms with E-state index in [1.807, 2.05) is 29.4 Å². The van der Waals surface area contributed by atoms with Gasteiger partial charge in [0.25, 0.3) is 0 Å². The van der Waals surface area contributed by atoms with Crippen molar-refractivity contribution in [3.05, 3.63) is 90.1 Å². The highest BCUT2D eigenvalue weighted by Gasteiger charge is 2.29. The minimum atomic E-state index is 0.126. The van der Waals surface area contributed by atoms with Gasteiger partial charge < -0.3 is 9.80 Å². The van der Waals surface area contributed by atoms with Crippen molar-refractivity contribution >= 4 is 29.0 Å². The van der Waals surface area contributed by atoms with Gasteiger partial charge in [-0.25, -0.2) is 9.99 Å². The lowest BCUT2D eigenvalue weighted by molar-refractivity contribution is 0.699. The highest BCUT2D eigenvalue weighted by Crippen LogP contribution is 2.35. The fourth-order valence-electron chi connectivity index (χ4n) is 4.17. The molecule has 33 heavy (non-hydrogen) atoms. The first-order valence-corrected chi connectivity index (χ1v) is 11.7. The smallest absolute Gasteiger partial charge is 0.149 e. The largest absolute Gasteiger partial charge is 0.378 e. The lowest BCUT2D eigenvalue weighted by Gasteiger charge is -2.23. The Labute approximate surface area is 197 Å². The summed E-state index contributed by atoms with van der Waals surface area (Å²) in [5, 5.41) is 6.99. The third-order valence-electron chi connectivity index (χ3n) is 6.10. The Balaban J connectivity index is 1.56. The Kier molecular flexibility index (Phi) is 7.08. The Morgan fingerprint density at radius 1 is 0.879 bits per heavy atom. The van der Waals surface area contributed by atoms with Crippen molar-refractivity contribution in [2.75, 3.05) is 42.0 Å². The standard InChI is InChI=1S/C28H33N5/c1-5-32(6-2)26-16-11-22(12-17-26)10-15-24-21-27(23-13-18-25(19-14-23)31(3)4)33(30-24)28-9-7-8-20-29-28/h7-20,27H,5-6,21H2,1-4H3. The van der Waals surface area contributed by atoms with E-state index < -0.39 is 0 Å². The lowest BCUT2D eigenvalue weighted by atomic mass is 10.0. The second kappa shape index (κ2) is 10.3. The van der Waals surface area contributed by atoms with Gasteiger partial charge in [0.2, 0.25) is 0 Å². The Hall–Kier alpha value is -3.60. The summed E-state index contributed by atoms with van der Waals surface area (Å²) >= 11 is 0. The zero-order valence-corrected chi connectivity index (χ0v) is 20.0. The maximum Gasteiger partial charge on any atom is 0.149 e. The van der Waals surface area contributed by atoms with E-state index in [0.29, 0.717) is 0 Å². The predicted octanol–water partition coefficient (Wildman–Crippen LogP) is 6.01. The zero-order chi connectivity index (χ0) is 23.2. The minimum Gasteiger partial charge on any atom is -0.378 e. The van der Waals surface area contributed by atoms with Crippen LogP contribution in [0.25, 0.3) is 6.08 Å². The highest BCUT2D eigenvalue weighted by molar-refractivity contribution is 6.01. The fourth-order valence-corrected chi connectivity index (χ4v) is 4.17. The van der Waals surface area contributed by atoms with E-state index in [9.17, 15) is 0 Å². The zero-order valence-electron chi connectivity index (χ0n) is 20.0. The van der Waals surface area contributed by atoms with Crippen LogP contribution < -0.4 is 14.8 Å². The summed E-state index contributed by atoms with van der Waals surface area (Å²) in [6, 6.07) is 23.5. The summed E-state index contributed by atoms with van der Waals surface area (Å²) in [5.41, 5.74) is 5.92. The second-order valence-electron chi connectivity index (χ2n) is 8.43. The molecule has 0 N–H and O–H groups in total. The minimum absolute atomic E-state index is 0.126. The number of allylic oxidation sites excluding steroid dienone is 1. The van der Waals surface area contributed by atoms with Gasteiger partial charge in [-0.2, -0.15) is 5.10 Å². The Bertz CT molecular complexity index is 1080. The van der Waals surface area contributed by atoms with Crippen molar-refractivity contribution in [2.45, 2.75) is 26.3 Å². The summed E-state index contributed by atoms with van der Waals surface area (Å²) in [4.78, 5) is 9.03. The van der Waals surface area contributed by atoms with Crippen molar-refractivity contribution in [3.8, 4) is 0 Å². The van der Waals surface area contributed by atoms with E-state index in [1.165, 1.54) is 22.5 Å².